The molecule has 0 saturated carbocycles. The summed E-state index contributed by atoms with van der Waals surface area (Å²) in [6, 6.07) is 17.3. The van der Waals surface area contributed by atoms with Gasteiger partial charge in [-0.3, -0.25) is 0 Å². The molecular formula is C18H16BrNO2. The van der Waals surface area contributed by atoms with Gasteiger partial charge in [-0.05, 0) is 33.6 Å². The molecule has 22 heavy (non-hydrogen) atoms. The van der Waals surface area contributed by atoms with Gasteiger partial charge < -0.3 is 10.1 Å². The summed E-state index contributed by atoms with van der Waals surface area (Å²) in [5.74, 6) is 6.08. The molecule has 0 spiro atoms. The number of carbonyl (C=O) groups excluding carboxylic acids is 1. The average Bonchev–Trinajstić information content (AvgIpc) is 2.55. The molecule has 0 heterocycles. The van der Waals surface area contributed by atoms with Crippen molar-refractivity contribution in [1.82, 2.24) is 5.32 Å². The van der Waals surface area contributed by atoms with Gasteiger partial charge in [0.1, 0.15) is 6.61 Å². The molecule has 0 aromatic heterocycles. The van der Waals surface area contributed by atoms with E-state index in [1.807, 2.05) is 54.6 Å². The molecule has 0 aliphatic rings. The van der Waals surface area contributed by atoms with Gasteiger partial charge in [0, 0.05) is 23.0 Å². The normalized spacial score (nSPS) is 9.50. The topological polar surface area (TPSA) is 38.3 Å². The predicted molar refractivity (Wildman–Crippen MR) is 90.3 cm³/mol. The van der Waals surface area contributed by atoms with E-state index in [0.717, 1.165) is 15.6 Å². The zero-order valence-electron chi connectivity index (χ0n) is 12.0. The Balaban J connectivity index is 1.67. The van der Waals surface area contributed by atoms with Crippen molar-refractivity contribution in [2.45, 2.75) is 13.0 Å². The number of rotatable bonds is 4. The monoisotopic (exact) mass is 357 g/mol. The molecule has 2 aromatic rings. The fourth-order valence-electron chi connectivity index (χ4n) is 1.72. The molecule has 112 valence electrons. The number of amides is 1. The Hall–Kier alpha value is -2.25. The third kappa shape index (κ3) is 5.63. The number of hydrogen-bond donors (Lipinski definition) is 1. The van der Waals surface area contributed by atoms with Gasteiger partial charge in [-0.15, -0.1) is 0 Å². The van der Waals surface area contributed by atoms with Crippen molar-refractivity contribution >= 4 is 22.0 Å². The number of nitrogens with one attached hydrogen (secondary N) is 1. The number of ether oxygens (including phenoxy) is 1. The van der Waals surface area contributed by atoms with Gasteiger partial charge in [0.2, 0.25) is 0 Å². The Kier molecular flexibility index (Phi) is 6.53. The second-order valence-electron chi connectivity index (χ2n) is 4.52. The van der Waals surface area contributed by atoms with Crippen molar-refractivity contribution in [1.29, 1.82) is 0 Å². The minimum absolute atomic E-state index is 0.273. The first-order valence-electron chi connectivity index (χ1n) is 6.93. The molecule has 0 fully saturated rings. The minimum atomic E-state index is -0.424. The van der Waals surface area contributed by atoms with Crippen molar-refractivity contribution in [3.05, 3.63) is 70.2 Å². The summed E-state index contributed by atoms with van der Waals surface area (Å²) in [5.41, 5.74) is 1.90. The number of alkyl carbamates (subject to hydrolysis) is 1. The highest BCUT2D eigenvalue weighted by Gasteiger charge is 2.00. The molecule has 1 amide bonds. The zero-order valence-corrected chi connectivity index (χ0v) is 13.6. The van der Waals surface area contributed by atoms with E-state index in [1.54, 1.807) is 0 Å². The van der Waals surface area contributed by atoms with Gasteiger partial charge in [-0.2, -0.15) is 0 Å². The zero-order chi connectivity index (χ0) is 15.6. The van der Waals surface area contributed by atoms with Crippen LogP contribution in [-0.4, -0.2) is 12.6 Å². The highest BCUT2D eigenvalue weighted by molar-refractivity contribution is 9.10. The molecule has 0 bridgehead atoms. The largest absolute Gasteiger partial charge is 0.445 e. The first-order valence-corrected chi connectivity index (χ1v) is 7.73. The summed E-state index contributed by atoms with van der Waals surface area (Å²) >= 11 is 3.44. The Morgan fingerprint density at radius 1 is 1.09 bits per heavy atom. The summed E-state index contributed by atoms with van der Waals surface area (Å²) in [7, 11) is 0. The molecule has 2 rings (SSSR count). The minimum Gasteiger partial charge on any atom is -0.445 e. The number of hydrogen-bond acceptors (Lipinski definition) is 2. The maximum absolute atomic E-state index is 11.5. The van der Waals surface area contributed by atoms with Crippen LogP contribution >= 0.6 is 15.9 Å². The molecule has 1 N–H and O–H groups in total. The smallest absolute Gasteiger partial charge is 0.407 e. The van der Waals surface area contributed by atoms with Gasteiger partial charge in [-0.25, -0.2) is 4.79 Å². The molecule has 0 radical (unpaired) electrons. The van der Waals surface area contributed by atoms with Gasteiger partial charge >= 0.3 is 6.09 Å². The molecule has 3 nitrogen and oxygen atoms in total. The maximum Gasteiger partial charge on any atom is 0.407 e. The Morgan fingerprint density at radius 2 is 1.82 bits per heavy atom. The van der Waals surface area contributed by atoms with Crippen LogP contribution < -0.4 is 5.32 Å². The second kappa shape index (κ2) is 8.91. The van der Waals surface area contributed by atoms with E-state index in [2.05, 4.69) is 33.1 Å². The third-order valence-corrected chi connectivity index (χ3v) is 3.52. The number of benzene rings is 2. The van der Waals surface area contributed by atoms with Crippen LogP contribution in [0.3, 0.4) is 0 Å². The van der Waals surface area contributed by atoms with E-state index in [-0.39, 0.29) is 6.61 Å². The van der Waals surface area contributed by atoms with Gasteiger partial charge in [0.25, 0.3) is 0 Å². The van der Waals surface area contributed by atoms with Crippen molar-refractivity contribution < 1.29 is 9.53 Å². The van der Waals surface area contributed by atoms with Crippen molar-refractivity contribution in [2.75, 3.05) is 6.54 Å². The molecule has 0 aliphatic carbocycles. The summed E-state index contributed by atoms with van der Waals surface area (Å²) in [4.78, 5) is 11.5. The summed E-state index contributed by atoms with van der Waals surface area (Å²) in [5, 5.41) is 2.68. The fraction of sp³-hybridized carbons (Fsp3) is 0.167. The Labute approximate surface area is 138 Å². The molecule has 4 heteroatoms. The van der Waals surface area contributed by atoms with E-state index in [0.29, 0.717) is 13.0 Å². The van der Waals surface area contributed by atoms with Crippen molar-refractivity contribution in [2.24, 2.45) is 0 Å². The van der Waals surface area contributed by atoms with Crippen LogP contribution in [0.25, 0.3) is 0 Å². The highest BCUT2D eigenvalue weighted by Crippen LogP contribution is 2.14. The average molecular weight is 358 g/mol. The first kappa shape index (κ1) is 16.1. The van der Waals surface area contributed by atoms with Crippen molar-refractivity contribution in [3.63, 3.8) is 0 Å². The van der Waals surface area contributed by atoms with Gasteiger partial charge in [0.05, 0.1) is 0 Å². The van der Waals surface area contributed by atoms with Crippen LogP contribution in [0, 0.1) is 11.8 Å². The van der Waals surface area contributed by atoms with Crippen LogP contribution in [0.4, 0.5) is 4.79 Å². The van der Waals surface area contributed by atoms with Crippen LogP contribution in [0.5, 0.6) is 0 Å². The molecule has 0 unspecified atom stereocenters. The highest BCUT2D eigenvalue weighted by atomic mass is 79.9. The Bertz CT molecular complexity index is 674. The molecule has 0 aliphatic heterocycles. The van der Waals surface area contributed by atoms with Gasteiger partial charge in [-0.1, -0.05) is 54.3 Å². The van der Waals surface area contributed by atoms with E-state index in [4.69, 9.17) is 4.74 Å². The van der Waals surface area contributed by atoms with Gasteiger partial charge in [0.15, 0.2) is 0 Å². The van der Waals surface area contributed by atoms with Crippen LogP contribution in [0.15, 0.2) is 59.1 Å². The number of carbonyl (C=O) groups is 1. The Morgan fingerprint density at radius 3 is 2.59 bits per heavy atom. The lowest BCUT2D eigenvalue weighted by molar-refractivity contribution is 0.140. The third-order valence-electron chi connectivity index (χ3n) is 2.83. The lowest BCUT2D eigenvalue weighted by atomic mass is 10.2. The predicted octanol–water partition coefficient (Wildman–Crippen LogP) is 4.12. The van der Waals surface area contributed by atoms with Crippen LogP contribution in [-0.2, 0) is 11.3 Å². The molecule has 0 saturated heterocycles. The summed E-state index contributed by atoms with van der Waals surface area (Å²) < 4.78 is 6.08. The standard InChI is InChI=1S/C18H16BrNO2/c19-17-12-5-4-10-16(17)11-6-7-13-20-18(21)22-14-15-8-2-1-3-9-15/h1-5,8-10,12H,7,13-14H2,(H,20,21). The fourth-order valence-corrected chi connectivity index (χ4v) is 2.11. The summed E-state index contributed by atoms with van der Waals surface area (Å²) in [6.45, 7) is 0.736. The van der Waals surface area contributed by atoms with E-state index < -0.39 is 6.09 Å². The second-order valence-corrected chi connectivity index (χ2v) is 5.37. The van der Waals surface area contributed by atoms with E-state index in [1.165, 1.54) is 0 Å². The quantitative estimate of drug-likeness (QED) is 0.660. The first-order chi connectivity index (χ1) is 10.8. The lowest BCUT2D eigenvalue weighted by Gasteiger charge is -2.05. The van der Waals surface area contributed by atoms with Crippen molar-refractivity contribution in [3.8, 4) is 11.8 Å². The van der Waals surface area contributed by atoms with E-state index >= 15 is 0 Å². The molecule has 2 aromatic carbocycles. The molecular weight excluding hydrogens is 342 g/mol. The summed E-state index contributed by atoms with van der Waals surface area (Å²) in [6.07, 6.45) is 0.147. The number of halogens is 1. The van der Waals surface area contributed by atoms with E-state index in [9.17, 15) is 4.79 Å². The van der Waals surface area contributed by atoms with Crippen LogP contribution in [0.2, 0.25) is 0 Å². The molecule has 0 atom stereocenters. The SMILES string of the molecule is O=C(NCCC#Cc1ccccc1Br)OCc1ccccc1. The lowest BCUT2D eigenvalue weighted by Crippen LogP contribution is -2.24. The van der Waals surface area contributed by atoms with Crippen LogP contribution in [0.1, 0.15) is 17.5 Å². The maximum atomic E-state index is 11.5.